The highest BCUT2D eigenvalue weighted by molar-refractivity contribution is 6.03. The number of carbonyl (C=O) groups excluding carboxylic acids is 2. The molecule has 0 radical (unpaired) electrons. The summed E-state index contributed by atoms with van der Waals surface area (Å²) in [6.45, 7) is 6.25. The number of benzene rings is 1. The third-order valence-electron chi connectivity index (χ3n) is 3.19. The lowest BCUT2D eigenvalue weighted by Gasteiger charge is -2.24. The van der Waals surface area contributed by atoms with Gasteiger partial charge in [-0.05, 0) is 26.3 Å². The highest BCUT2D eigenvalue weighted by Gasteiger charge is 2.41. The van der Waals surface area contributed by atoms with Crippen LogP contribution in [0.2, 0.25) is 0 Å². The molecule has 102 valence electrons. The molecule has 2 rings (SSSR count). The van der Waals surface area contributed by atoms with Crippen LogP contribution in [0.3, 0.4) is 0 Å². The third-order valence-corrected chi connectivity index (χ3v) is 3.19. The fourth-order valence-corrected chi connectivity index (χ4v) is 2.38. The lowest BCUT2D eigenvalue weighted by atomic mass is 9.87. The Morgan fingerprint density at radius 1 is 1.26 bits per heavy atom. The van der Waals surface area contributed by atoms with Crippen LogP contribution in [0.1, 0.15) is 32.3 Å². The van der Waals surface area contributed by atoms with Gasteiger partial charge >= 0.3 is 0 Å². The van der Waals surface area contributed by atoms with E-state index in [4.69, 9.17) is 0 Å². The van der Waals surface area contributed by atoms with Gasteiger partial charge in [0, 0.05) is 18.0 Å². The van der Waals surface area contributed by atoms with Crippen LogP contribution in [0.25, 0.3) is 0 Å². The van der Waals surface area contributed by atoms with Gasteiger partial charge in [0.2, 0.25) is 11.8 Å². The van der Waals surface area contributed by atoms with Crippen LogP contribution in [0, 0.1) is 5.92 Å². The first-order valence-electron chi connectivity index (χ1n) is 6.53. The van der Waals surface area contributed by atoms with Crippen molar-refractivity contribution in [2.24, 2.45) is 5.92 Å². The zero-order valence-corrected chi connectivity index (χ0v) is 11.6. The van der Waals surface area contributed by atoms with Crippen LogP contribution in [0.15, 0.2) is 30.3 Å². The van der Waals surface area contributed by atoms with Gasteiger partial charge in [0.25, 0.3) is 0 Å². The Morgan fingerprint density at radius 2 is 1.89 bits per heavy atom. The van der Waals surface area contributed by atoms with Crippen LogP contribution in [-0.2, 0) is 9.59 Å². The van der Waals surface area contributed by atoms with Gasteiger partial charge in [0.15, 0.2) is 0 Å². The van der Waals surface area contributed by atoms with Crippen molar-refractivity contribution in [3.63, 3.8) is 0 Å². The summed E-state index contributed by atoms with van der Waals surface area (Å²) < 4.78 is 0. The molecule has 1 saturated heterocycles. The van der Waals surface area contributed by atoms with E-state index in [1.807, 2.05) is 51.1 Å². The molecule has 0 saturated carbocycles. The van der Waals surface area contributed by atoms with E-state index in [-0.39, 0.29) is 23.3 Å². The van der Waals surface area contributed by atoms with Crippen LogP contribution < -0.4 is 10.6 Å². The first-order valence-corrected chi connectivity index (χ1v) is 6.53. The predicted octanol–water partition coefficient (Wildman–Crippen LogP) is 1.43. The average Bonchev–Trinajstić information content (AvgIpc) is 2.70. The summed E-state index contributed by atoms with van der Waals surface area (Å²) in [5.74, 6) is -1.11. The molecule has 1 aromatic carbocycles. The first kappa shape index (κ1) is 13.6. The van der Waals surface area contributed by atoms with E-state index < -0.39 is 5.92 Å². The monoisotopic (exact) mass is 260 g/mol. The first-order chi connectivity index (χ1) is 8.88. The second kappa shape index (κ2) is 5.03. The minimum atomic E-state index is -0.637. The van der Waals surface area contributed by atoms with E-state index in [0.717, 1.165) is 5.56 Å². The summed E-state index contributed by atoms with van der Waals surface area (Å²) in [5, 5.41) is 5.68. The van der Waals surface area contributed by atoms with Gasteiger partial charge in [0.1, 0.15) is 5.92 Å². The van der Waals surface area contributed by atoms with E-state index in [1.54, 1.807) is 0 Å². The number of rotatable bonds is 2. The summed E-state index contributed by atoms with van der Waals surface area (Å²) in [7, 11) is 0. The van der Waals surface area contributed by atoms with E-state index in [2.05, 4.69) is 10.6 Å². The molecular formula is C15H20N2O2. The number of nitrogens with one attached hydrogen (secondary N) is 2. The van der Waals surface area contributed by atoms with Crippen molar-refractivity contribution in [1.82, 2.24) is 10.6 Å². The molecule has 4 nitrogen and oxygen atoms in total. The van der Waals surface area contributed by atoms with Crippen molar-refractivity contribution in [2.75, 3.05) is 6.54 Å². The number of carbonyl (C=O) groups is 2. The molecule has 0 aliphatic carbocycles. The molecule has 1 heterocycles. The Bertz CT molecular complexity index is 477. The lowest BCUT2D eigenvalue weighted by molar-refractivity contribution is -0.134. The molecule has 2 atom stereocenters. The lowest BCUT2D eigenvalue weighted by Crippen LogP contribution is -2.46. The van der Waals surface area contributed by atoms with Crippen molar-refractivity contribution in [3.05, 3.63) is 35.9 Å². The summed E-state index contributed by atoms with van der Waals surface area (Å²) >= 11 is 0. The Hall–Kier alpha value is -1.84. The molecule has 0 aromatic heterocycles. The van der Waals surface area contributed by atoms with Crippen LogP contribution in [0.4, 0.5) is 0 Å². The molecule has 1 fully saturated rings. The standard InChI is InChI=1S/C15H20N2O2/c1-15(2,3)17-14(19)12-11(9-16-13(12)18)10-7-5-4-6-8-10/h4-8,11-12H,9H2,1-3H3,(H,16,18)(H,17,19). The third kappa shape index (κ3) is 3.13. The largest absolute Gasteiger partial charge is 0.355 e. The topological polar surface area (TPSA) is 58.2 Å². The molecule has 0 bridgehead atoms. The van der Waals surface area contributed by atoms with E-state index in [1.165, 1.54) is 0 Å². The van der Waals surface area contributed by atoms with Gasteiger partial charge in [-0.25, -0.2) is 0 Å². The van der Waals surface area contributed by atoms with Crippen molar-refractivity contribution >= 4 is 11.8 Å². The maximum Gasteiger partial charge on any atom is 0.233 e. The predicted molar refractivity (Wildman–Crippen MR) is 73.6 cm³/mol. The number of hydrogen-bond acceptors (Lipinski definition) is 2. The Labute approximate surface area is 113 Å². The van der Waals surface area contributed by atoms with E-state index >= 15 is 0 Å². The van der Waals surface area contributed by atoms with Crippen molar-refractivity contribution in [2.45, 2.75) is 32.2 Å². The summed E-state index contributed by atoms with van der Waals surface area (Å²) in [6, 6.07) is 9.70. The van der Waals surface area contributed by atoms with Crippen LogP contribution in [-0.4, -0.2) is 23.9 Å². The minimum absolute atomic E-state index is 0.0870. The van der Waals surface area contributed by atoms with Crippen molar-refractivity contribution in [1.29, 1.82) is 0 Å². The number of amides is 2. The molecule has 1 aromatic rings. The summed E-state index contributed by atoms with van der Waals surface area (Å²) in [5.41, 5.74) is 0.691. The molecular weight excluding hydrogens is 240 g/mol. The summed E-state index contributed by atoms with van der Waals surface area (Å²) in [6.07, 6.45) is 0. The highest BCUT2D eigenvalue weighted by Crippen LogP contribution is 2.29. The summed E-state index contributed by atoms with van der Waals surface area (Å²) in [4.78, 5) is 24.2. The van der Waals surface area contributed by atoms with Gasteiger partial charge in [-0.2, -0.15) is 0 Å². The van der Waals surface area contributed by atoms with Gasteiger partial charge in [-0.15, -0.1) is 0 Å². The quantitative estimate of drug-likeness (QED) is 0.790. The molecule has 19 heavy (non-hydrogen) atoms. The van der Waals surface area contributed by atoms with Gasteiger partial charge in [-0.3, -0.25) is 9.59 Å². The highest BCUT2D eigenvalue weighted by atomic mass is 16.2. The van der Waals surface area contributed by atoms with E-state index in [0.29, 0.717) is 6.54 Å². The zero-order valence-electron chi connectivity index (χ0n) is 11.6. The second-order valence-electron chi connectivity index (χ2n) is 5.98. The molecule has 2 N–H and O–H groups in total. The van der Waals surface area contributed by atoms with Crippen molar-refractivity contribution < 1.29 is 9.59 Å². The van der Waals surface area contributed by atoms with Crippen LogP contribution in [0.5, 0.6) is 0 Å². The molecule has 1 aliphatic rings. The normalized spacial score (nSPS) is 23.0. The van der Waals surface area contributed by atoms with Gasteiger partial charge in [0.05, 0.1) is 0 Å². The van der Waals surface area contributed by atoms with Gasteiger partial charge < -0.3 is 10.6 Å². The fraction of sp³-hybridized carbons (Fsp3) is 0.467. The zero-order chi connectivity index (χ0) is 14.0. The van der Waals surface area contributed by atoms with Crippen LogP contribution >= 0.6 is 0 Å². The molecule has 4 heteroatoms. The molecule has 0 spiro atoms. The SMILES string of the molecule is CC(C)(C)NC(=O)C1C(=O)NCC1c1ccccc1. The Kier molecular flexibility index (Phi) is 3.60. The fourth-order valence-electron chi connectivity index (χ4n) is 2.38. The van der Waals surface area contributed by atoms with Crippen molar-refractivity contribution in [3.8, 4) is 0 Å². The number of hydrogen-bond donors (Lipinski definition) is 2. The smallest absolute Gasteiger partial charge is 0.233 e. The molecule has 1 aliphatic heterocycles. The molecule has 2 unspecified atom stereocenters. The second-order valence-corrected chi connectivity index (χ2v) is 5.98. The van der Waals surface area contributed by atoms with E-state index in [9.17, 15) is 9.59 Å². The maximum absolute atomic E-state index is 12.3. The molecule has 2 amide bonds. The Morgan fingerprint density at radius 3 is 2.47 bits per heavy atom. The Balaban J connectivity index is 2.21. The van der Waals surface area contributed by atoms with Gasteiger partial charge in [-0.1, -0.05) is 30.3 Å². The minimum Gasteiger partial charge on any atom is -0.355 e. The average molecular weight is 260 g/mol. The maximum atomic E-state index is 12.3.